The van der Waals surface area contributed by atoms with Crippen LogP contribution in [0.15, 0.2) is 23.4 Å². The Morgan fingerprint density at radius 1 is 1.17 bits per heavy atom. The molecule has 0 radical (unpaired) electrons. The van der Waals surface area contributed by atoms with Gasteiger partial charge >= 0.3 is 17.7 Å². The minimum absolute atomic E-state index is 0.0424. The maximum atomic E-state index is 12.6. The van der Waals surface area contributed by atoms with Crippen molar-refractivity contribution in [2.24, 2.45) is 0 Å². The summed E-state index contributed by atoms with van der Waals surface area (Å²) < 4.78 is 16.3. The van der Waals surface area contributed by atoms with Crippen molar-refractivity contribution in [2.75, 3.05) is 19.8 Å². The molecule has 1 aliphatic heterocycles. The molecule has 1 unspecified atom stereocenters. The predicted octanol–water partition coefficient (Wildman–Crippen LogP) is 2.97. The first-order valence-electron chi connectivity index (χ1n) is 9.37. The summed E-state index contributed by atoms with van der Waals surface area (Å²) in [4.78, 5) is 35.7. The van der Waals surface area contributed by atoms with Gasteiger partial charge in [-0.3, -0.25) is 10.1 Å². The number of hydrogen-bond acceptors (Lipinski definition) is 7. The fourth-order valence-electron chi connectivity index (χ4n) is 2.96. The molecule has 2 N–H and O–H groups in total. The number of rotatable bonds is 9. The minimum Gasteiger partial charge on any atom is -0.493 e. The first-order chi connectivity index (χ1) is 13.8. The van der Waals surface area contributed by atoms with E-state index in [1.54, 1.807) is 20.8 Å². The van der Waals surface area contributed by atoms with Gasteiger partial charge in [0, 0.05) is 23.4 Å². The van der Waals surface area contributed by atoms with Crippen LogP contribution in [0.3, 0.4) is 0 Å². The second-order valence-corrected chi connectivity index (χ2v) is 6.19. The van der Waals surface area contributed by atoms with Crippen LogP contribution in [0.1, 0.15) is 45.7 Å². The van der Waals surface area contributed by atoms with Gasteiger partial charge in [-0.1, -0.05) is 6.92 Å². The zero-order valence-electron chi connectivity index (χ0n) is 16.9. The van der Waals surface area contributed by atoms with Crippen molar-refractivity contribution in [1.29, 1.82) is 0 Å². The number of esters is 1. The first kappa shape index (κ1) is 22.0. The number of urea groups is 1. The maximum absolute atomic E-state index is 12.6. The fourth-order valence-corrected chi connectivity index (χ4v) is 2.96. The van der Waals surface area contributed by atoms with Crippen LogP contribution in [0, 0.1) is 10.1 Å². The molecule has 0 aliphatic carbocycles. The summed E-state index contributed by atoms with van der Waals surface area (Å²) in [5, 5.41) is 16.7. The summed E-state index contributed by atoms with van der Waals surface area (Å²) in [7, 11) is 0. The van der Waals surface area contributed by atoms with Crippen molar-refractivity contribution < 1.29 is 28.7 Å². The quantitative estimate of drug-likeness (QED) is 0.366. The molecule has 0 saturated heterocycles. The monoisotopic (exact) mass is 407 g/mol. The lowest BCUT2D eigenvalue weighted by atomic mass is 9.94. The molecule has 0 spiro atoms. The van der Waals surface area contributed by atoms with Crippen molar-refractivity contribution in [3.05, 3.63) is 39.1 Å². The molecule has 0 aromatic heterocycles. The summed E-state index contributed by atoms with van der Waals surface area (Å²) in [6.07, 6.45) is 0.626. The topological polar surface area (TPSA) is 129 Å². The van der Waals surface area contributed by atoms with Gasteiger partial charge in [-0.25, -0.2) is 9.59 Å². The Kier molecular flexibility index (Phi) is 7.40. The average Bonchev–Trinajstić information content (AvgIpc) is 2.66. The molecule has 158 valence electrons. The van der Waals surface area contributed by atoms with Crippen LogP contribution >= 0.6 is 0 Å². The van der Waals surface area contributed by atoms with Crippen molar-refractivity contribution in [2.45, 2.75) is 40.2 Å². The van der Waals surface area contributed by atoms with Gasteiger partial charge in [0.15, 0.2) is 0 Å². The van der Waals surface area contributed by atoms with Crippen LogP contribution in [0.5, 0.6) is 11.5 Å². The SMILES string of the molecule is CCCOC(=O)C1=C(C)NC(=O)NC1c1cc([N+](=O)[O-])c(OCC)cc1OCC. The van der Waals surface area contributed by atoms with Gasteiger partial charge < -0.3 is 24.8 Å². The van der Waals surface area contributed by atoms with Crippen molar-refractivity contribution in [1.82, 2.24) is 10.6 Å². The van der Waals surface area contributed by atoms with Gasteiger partial charge in [0.25, 0.3) is 0 Å². The van der Waals surface area contributed by atoms with Crippen LogP contribution in [0.2, 0.25) is 0 Å². The Hall–Kier alpha value is -3.30. The molecule has 2 amide bonds. The van der Waals surface area contributed by atoms with E-state index in [9.17, 15) is 19.7 Å². The van der Waals surface area contributed by atoms with Gasteiger partial charge in [-0.2, -0.15) is 0 Å². The highest BCUT2D eigenvalue weighted by atomic mass is 16.6. The molecular weight excluding hydrogens is 382 g/mol. The number of carbonyl (C=O) groups excluding carboxylic acids is 2. The van der Waals surface area contributed by atoms with Gasteiger partial charge in [0.05, 0.1) is 36.4 Å². The van der Waals surface area contributed by atoms with E-state index in [2.05, 4.69) is 10.6 Å². The third kappa shape index (κ3) is 4.95. The number of ether oxygens (including phenoxy) is 3. The molecule has 10 heteroatoms. The molecule has 1 atom stereocenters. The normalized spacial score (nSPS) is 16.0. The average molecular weight is 407 g/mol. The Balaban J connectivity index is 2.65. The number of nitro groups is 1. The first-order valence-corrected chi connectivity index (χ1v) is 9.37. The van der Waals surface area contributed by atoms with E-state index in [-0.39, 0.29) is 48.1 Å². The van der Waals surface area contributed by atoms with E-state index in [4.69, 9.17) is 14.2 Å². The molecule has 0 bridgehead atoms. The lowest BCUT2D eigenvalue weighted by molar-refractivity contribution is -0.385. The number of benzene rings is 1. The van der Waals surface area contributed by atoms with Crippen LogP contribution in [-0.2, 0) is 9.53 Å². The standard InChI is InChI=1S/C19H25N3O7/c1-5-8-29-18(23)16-11(4)20-19(24)21-17(16)12-9-13(22(25)26)15(28-7-3)10-14(12)27-6-2/h9-10,17H,5-8H2,1-4H3,(H2,20,21,24). The Morgan fingerprint density at radius 3 is 2.41 bits per heavy atom. The van der Waals surface area contributed by atoms with Crippen LogP contribution < -0.4 is 20.1 Å². The van der Waals surface area contributed by atoms with E-state index in [1.165, 1.54) is 12.1 Å². The highest BCUT2D eigenvalue weighted by Gasteiger charge is 2.36. The number of carbonyl (C=O) groups is 2. The Morgan fingerprint density at radius 2 is 1.83 bits per heavy atom. The zero-order valence-corrected chi connectivity index (χ0v) is 16.9. The maximum Gasteiger partial charge on any atom is 0.338 e. The second kappa shape index (κ2) is 9.76. The number of allylic oxidation sites excluding steroid dienone is 1. The molecule has 29 heavy (non-hydrogen) atoms. The molecule has 0 saturated carbocycles. The van der Waals surface area contributed by atoms with Gasteiger partial charge in [-0.05, 0) is 27.2 Å². The van der Waals surface area contributed by atoms with Crippen LogP contribution in [0.4, 0.5) is 10.5 Å². The highest BCUT2D eigenvalue weighted by molar-refractivity contribution is 5.95. The van der Waals surface area contributed by atoms with E-state index < -0.39 is 23.0 Å². The summed E-state index contributed by atoms with van der Waals surface area (Å²) >= 11 is 0. The minimum atomic E-state index is -0.982. The van der Waals surface area contributed by atoms with Gasteiger partial charge in [0.1, 0.15) is 5.75 Å². The number of nitro benzene ring substituents is 1. The van der Waals surface area contributed by atoms with E-state index >= 15 is 0 Å². The highest BCUT2D eigenvalue weighted by Crippen LogP contribution is 2.41. The molecule has 2 rings (SSSR count). The Labute approximate surface area is 168 Å². The fraction of sp³-hybridized carbons (Fsp3) is 0.474. The van der Waals surface area contributed by atoms with Gasteiger partial charge in [-0.15, -0.1) is 0 Å². The number of amides is 2. The smallest absolute Gasteiger partial charge is 0.338 e. The third-order valence-corrected chi connectivity index (χ3v) is 4.13. The molecule has 1 heterocycles. The molecule has 1 aromatic carbocycles. The third-order valence-electron chi connectivity index (χ3n) is 4.13. The lowest BCUT2D eigenvalue weighted by Crippen LogP contribution is -2.45. The summed E-state index contributed by atoms with van der Waals surface area (Å²) in [5.74, 6) is -0.316. The molecular formula is C19H25N3O7. The summed E-state index contributed by atoms with van der Waals surface area (Å²) in [6.45, 7) is 7.59. The second-order valence-electron chi connectivity index (χ2n) is 6.19. The zero-order chi connectivity index (χ0) is 21.6. The number of hydrogen-bond donors (Lipinski definition) is 2. The van der Waals surface area contributed by atoms with Crippen LogP contribution in [0.25, 0.3) is 0 Å². The lowest BCUT2D eigenvalue weighted by Gasteiger charge is -2.29. The number of nitrogens with one attached hydrogen (secondary N) is 2. The number of nitrogens with zero attached hydrogens (tertiary/aromatic N) is 1. The summed E-state index contributed by atoms with van der Waals surface area (Å²) in [6, 6.07) is 1.13. The molecule has 10 nitrogen and oxygen atoms in total. The molecule has 0 fully saturated rings. The predicted molar refractivity (Wildman–Crippen MR) is 104 cm³/mol. The summed E-state index contributed by atoms with van der Waals surface area (Å²) in [5.41, 5.74) is 0.424. The van der Waals surface area contributed by atoms with E-state index in [0.29, 0.717) is 12.1 Å². The van der Waals surface area contributed by atoms with Crippen molar-refractivity contribution in [3.63, 3.8) is 0 Å². The van der Waals surface area contributed by atoms with Crippen LogP contribution in [-0.4, -0.2) is 36.7 Å². The van der Waals surface area contributed by atoms with E-state index in [1.807, 2.05) is 6.92 Å². The largest absolute Gasteiger partial charge is 0.493 e. The molecule has 1 aromatic rings. The van der Waals surface area contributed by atoms with E-state index in [0.717, 1.165) is 0 Å². The van der Waals surface area contributed by atoms with Crippen molar-refractivity contribution in [3.8, 4) is 11.5 Å². The molecule has 1 aliphatic rings. The van der Waals surface area contributed by atoms with Crippen molar-refractivity contribution >= 4 is 17.7 Å². The van der Waals surface area contributed by atoms with Gasteiger partial charge in [0.2, 0.25) is 5.75 Å². The Bertz CT molecular complexity index is 835.